The summed E-state index contributed by atoms with van der Waals surface area (Å²) >= 11 is 0. The molecule has 0 spiro atoms. The fourth-order valence-corrected chi connectivity index (χ4v) is 2.83. The van der Waals surface area contributed by atoms with E-state index in [0.717, 1.165) is 25.3 Å². The van der Waals surface area contributed by atoms with Crippen LogP contribution in [0.2, 0.25) is 0 Å². The summed E-state index contributed by atoms with van der Waals surface area (Å²) in [7, 11) is 0. The van der Waals surface area contributed by atoms with Gasteiger partial charge < -0.3 is 4.90 Å². The minimum absolute atomic E-state index is 0.295. The number of fused-ring (bicyclic) bond motifs is 1. The van der Waals surface area contributed by atoms with Crippen molar-refractivity contribution in [3.63, 3.8) is 0 Å². The lowest BCUT2D eigenvalue weighted by atomic mass is 9.95. The molecule has 3 rings (SSSR count). The van der Waals surface area contributed by atoms with Gasteiger partial charge >= 0.3 is 0 Å². The molecule has 1 heterocycles. The van der Waals surface area contributed by atoms with Gasteiger partial charge in [-0.2, -0.15) is 0 Å². The number of nitrogens with zero attached hydrogens (tertiary/aromatic N) is 1. The summed E-state index contributed by atoms with van der Waals surface area (Å²) in [6.45, 7) is 2.87. The molecule has 0 aromatic heterocycles. The molecule has 1 fully saturated rings. The summed E-state index contributed by atoms with van der Waals surface area (Å²) in [5.41, 5.74) is 3.99. The standard InChI is InChI=1S/C15H19NO/c1-2-16-14(17)9-8-12-4-3-5-13(15(12)16)10-11-6-7-11/h3-5,11H,2,6-10H2,1H3. The van der Waals surface area contributed by atoms with Crippen LogP contribution in [0.4, 0.5) is 5.69 Å². The first-order chi connectivity index (χ1) is 8.29. The van der Waals surface area contributed by atoms with Gasteiger partial charge in [0.25, 0.3) is 0 Å². The molecule has 1 aliphatic heterocycles. The van der Waals surface area contributed by atoms with E-state index in [1.807, 2.05) is 4.90 Å². The number of anilines is 1. The topological polar surface area (TPSA) is 20.3 Å². The molecule has 90 valence electrons. The van der Waals surface area contributed by atoms with Crippen LogP contribution in [0.1, 0.15) is 37.3 Å². The Morgan fingerprint density at radius 1 is 1.29 bits per heavy atom. The van der Waals surface area contributed by atoms with E-state index in [-0.39, 0.29) is 0 Å². The van der Waals surface area contributed by atoms with Gasteiger partial charge in [-0.15, -0.1) is 0 Å². The Bertz CT molecular complexity index is 448. The van der Waals surface area contributed by atoms with Gasteiger partial charge in [-0.05, 0) is 49.7 Å². The van der Waals surface area contributed by atoms with Gasteiger partial charge in [0.05, 0.1) is 0 Å². The van der Waals surface area contributed by atoms with Crippen LogP contribution in [0.3, 0.4) is 0 Å². The van der Waals surface area contributed by atoms with Gasteiger partial charge in [-0.25, -0.2) is 0 Å². The minimum Gasteiger partial charge on any atom is -0.312 e. The zero-order valence-corrected chi connectivity index (χ0v) is 10.4. The molecule has 2 heteroatoms. The van der Waals surface area contributed by atoms with Gasteiger partial charge in [-0.1, -0.05) is 18.2 Å². The second kappa shape index (κ2) is 4.17. The normalized spacial score (nSPS) is 19.4. The molecule has 2 nitrogen and oxygen atoms in total. The Morgan fingerprint density at radius 2 is 2.12 bits per heavy atom. The average Bonchev–Trinajstić information content (AvgIpc) is 3.14. The highest BCUT2D eigenvalue weighted by atomic mass is 16.2. The molecule has 0 atom stereocenters. The molecule has 1 aliphatic carbocycles. The third kappa shape index (κ3) is 1.97. The minimum atomic E-state index is 0.295. The van der Waals surface area contributed by atoms with Crippen molar-refractivity contribution in [3.8, 4) is 0 Å². The molecule has 0 N–H and O–H groups in total. The summed E-state index contributed by atoms with van der Waals surface area (Å²) in [5, 5.41) is 0. The van der Waals surface area contributed by atoms with E-state index in [1.165, 1.54) is 29.7 Å². The molecule has 1 aromatic carbocycles. The second-order valence-electron chi connectivity index (χ2n) is 5.21. The summed E-state index contributed by atoms with van der Waals surface area (Å²) in [6, 6.07) is 6.54. The first-order valence-electron chi connectivity index (χ1n) is 6.70. The first-order valence-corrected chi connectivity index (χ1v) is 6.70. The van der Waals surface area contributed by atoms with Gasteiger partial charge in [0, 0.05) is 18.7 Å². The van der Waals surface area contributed by atoms with Gasteiger partial charge in [0.15, 0.2) is 0 Å². The highest BCUT2D eigenvalue weighted by Crippen LogP contribution is 2.38. The number of hydrogen-bond donors (Lipinski definition) is 0. The Hall–Kier alpha value is -1.31. The third-order valence-corrected chi connectivity index (χ3v) is 3.90. The quantitative estimate of drug-likeness (QED) is 0.780. The van der Waals surface area contributed by atoms with E-state index in [4.69, 9.17) is 0 Å². The van der Waals surface area contributed by atoms with E-state index >= 15 is 0 Å². The Kier molecular flexibility index (Phi) is 2.65. The lowest BCUT2D eigenvalue weighted by Gasteiger charge is -2.30. The van der Waals surface area contributed by atoms with Crippen molar-refractivity contribution in [3.05, 3.63) is 29.3 Å². The van der Waals surface area contributed by atoms with Gasteiger partial charge in [-0.3, -0.25) is 4.79 Å². The summed E-state index contributed by atoms with van der Waals surface area (Å²) in [6.07, 6.45) is 5.48. The van der Waals surface area contributed by atoms with Crippen LogP contribution in [-0.4, -0.2) is 12.5 Å². The highest BCUT2D eigenvalue weighted by Gasteiger charge is 2.28. The van der Waals surface area contributed by atoms with Crippen LogP contribution in [0.15, 0.2) is 18.2 Å². The average molecular weight is 229 g/mol. The number of carbonyl (C=O) groups excluding carboxylic acids is 1. The molecule has 1 amide bonds. The van der Waals surface area contributed by atoms with Crippen molar-refractivity contribution in [2.45, 2.75) is 39.0 Å². The van der Waals surface area contributed by atoms with Crippen molar-refractivity contribution >= 4 is 11.6 Å². The van der Waals surface area contributed by atoms with E-state index in [9.17, 15) is 4.79 Å². The smallest absolute Gasteiger partial charge is 0.227 e. The molecular formula is C15H19NO. The molecule has 0 saturated heterocycles. The van der Waals surface area contributed by atoms with E-state index in [2.05, 4.69) is 25.1 Å². The van der Waals surface area contributed by atoms with Crippen LogP contribution >= 0.6 is 0 Å². The molecule has 1 saturated carbocycles. The molecule has 1 aromatic rings. The molecule has 2 aliphatic rings. The number of amides is 1. The number of benzene rings is 1. The first kappa shape index (κ1) is 10.8. The molecule has 0 unspecified atom stereocenters. The van der Waals surface area contributed by atoms with Gasteiger partial charge in [0.1, 0.15) is 0 Å². The Morgan fingerprint density at radius 3 is 2.82 bits per heavy atom. The molecule has 0 radical (unpaired) electrons. The van der Waals surface area contributed by atoms with Crippen molar-refractivity contribution in [1.82, 2.24) is 0 Å². The number of rotatable bonds is 3. The second-order valence-corrected chi connectivity index (χ2v) is 5.21. The van der Waals surface area contributed by atoms with Crippen LogP contribution < -0.4 is 4.90 Å². The monoisotopic (exact) mass is 229 g/mol. The van der Waals surface area contributed by atoms with Crippen LogP contribution in [0, 0.1) is 5.92 Å². The lowest BCUT2D eigenvalue weighted by Crippen LogP contribution is -2.35. The van der Waals surface area contributed by atoms with E-state index < -0.39 is 0 Å². The maximum Gasteiger partial charge on any atom is 0.227 e. The number of para-hydroxylation sites is 1. The number of carbonyl (C=O) groups is 1. The van der Waals surface area contributed by atoms with Crippen LogP contribution in [-0.2, 0) is 17.6 Å². The van der Waals surface area contributed by atoms with Crippen molar-refractivity contribution in [2.75, 3.05) is 11.4 Å². The van der Waals surface area contributed by atoms with Gasteiger partial charge in [0.2, 0.25) is 5.91 Å². The van der Waals surface area contributed by atoms with E-state index in [1.54, 1.807) is 0 Å². The maximum atomic E-state index is 12.0. The predicted molar refractivity (Wildman–Crippen MR) is 69.2 cm³/mol. The molecule has 17 heavy (non-hydrogen) atoms. The van der Waals surface area contributed by atoms with Crippen molar-refractivity contribution in [2.24, 2.45) is 5.92 Å². The highest BCUT2D eigenvalue weighted by molar-refractivity contribution is 5.97. The lowest BCUT2D eigenvalue weighted by molar-refractivity contribution is -0.118. The molecular weight excluding hydrogens is 210 g/mol. The SMILES string of the molecule is CCN1C(=O)CCc2cccc(CC3CC3)c21. The molecule has 0 bridgehead atoms. The fraction of sp³-hybridized carbons (Fsp3) is 0.533. The largest absolute Gasteiger partial charge is 0.312 e. The number of aryl methyl sites for hydroxylation is 1. The van der Waals surface area contributed by atoms with Crippen molar-refractivity contribution in [1.29, 1.82) is 0 Å². The van der Waals surface area contributed by atoms with E-state index in [0.29, 0.717) is 12.3 Å². The van der Waals surface area contributed by atoms with Crippen LogP contribution in [0.25, 0.3) is 0 Å². The summed E-state index contributed by atoms with van der Waals surface area (Å²) < 4.78 is 0. The fourth-order valence-electron chi connectivity index (χ4n) is 2.83. The Labute approximate surface area is 103 Å². The number of hydrogen-bond acceptors (Lipinski definition) is 1. The maximum absolute atomic E-state index is 12.0. The predicted octanol–water partition coefficient (Wildman–Crippen LogP) is 2.94. The van der Waals surface area contributed by atoms with Crippen molar-refractivity contribution < 1.29 is 4.79 Å². The summed E-state index contributed by atoms with van der Waals surface area (Å²) in [5.74, 6) is 1.17. The zero-order chi connectivity index (χ0) is 11.8. The van der Waals surface area contributed by atoms with Crippen LogP contribution in [0.5, 0.6) is 0 Å². The third-order valence-electron chi connectivity index (χ3n) is 3.90. The summed E-state index contributed by atoms with van der Waals surface area (Å²) in [4.78, 5) is 14.0. The Balaban J connectivity index is 2.01. The zero-order valence-electron chi connectivity index (χ0n) is 10.4.